The molecule has 0 aliphatic heterocycles. The summed E-state index contributed by atoms with van der Waals surface area (Å²) < 4.78 is 12.7. The first-order chi connectivity index (χ1) is 12.6. The lowest BCUT2D eigenvalue weighted by Gasteiger charge is -2.08. The Balaban J connectivity index is 2.00. The molecule has 4 rings (SSSR count). The average molecular weight is 434 g/mol. The first-order valence-corrected chi connectivity index (χ1v) is 8.60. The molecule has 0 atom stereocenters. The Morgan fingerprint density at radius 3 is 2.88 bits per heavy atom. The molecule has 0 aliphatic carbocycles. The molecule has 4 aromatic rings. The summed E-state index contributed by atoms with van der Waals surface area (Å²) in [4.78, 5) is 21.1. The Bertz CT molecular complexity index is 1190. The Labute approximate surface area is 160 Å². The van der Waals surface area contributed by atoms with Crippen LogP contribution in [0.15, 0.2) is 56.4 Å². The molecule has 0 N–H and O–H groups in total. The average Bonchev–Trinajstić information content (AvgIpc) is 3.03. The number of methoxy groups -OCH3 is 1. The van der Waals surface area contributed by atoms with Gasteiger partial charge in [0.2, 0.25) is 5.89 Å². The molecule has 0 fully saturated rings. The lowest BCUT2D eigenvalue weighted by atomic mass is 10.2. The van der Waals surface area contributed by atoms with Gasteiger partial charge in [0.15, 0.2) is 5.82 Å². The molecular formula is C17H10BrClN4O3. The number of nitrogens with zero attached hydrogens (tertiary/aromatic N) is 4. The number of pyridine rings is 1. The quantitative estimate of drug-likeness (QED) is 0.488. The number of hydrogen-bond acceptors (Lipinski definition) is 6. The molecular weight excluding hydrogens is 424 g/mol. The molecule has 3 heterocycles. The number of halogens is 2. The predicted molar refractivity (Wildman–Crippen MR) is 99.9 cm³/mol. The van der Waals surface area contributed by atoms with Crippen LogP contribution in [0, 0.1) is 0 Å². The van der Waals surface area contributed by atoms with Crippen molar-refractivity contribution in [2.45, 2.75) is 0 Å². The van der Waals surface area contributed by atoms with E-state index in [-0.39, 0.29) is 5.89 Å². The van der Waals surface area contributed by atoms with Gasteiger partial charge >= 0.3 is 5.63 Å². The zero-order chi connectivity index (χ0) is 18.3. The van der Waals surface area contributed by atoms with Gasteiger partial charge in [-0.25, -0.2) is 19.4 Å². The van der Waals surface area contributed by atoms with E-state index in [4.69, 9.17) is 20.8 Å². The highest BCUT2D eigenvalue weighted by Gasteiger charge is 2.19. The first kappa shape index (κ1) is 16.7. The Kier molecular flexibility index (Phi) is 4.21. The Morgan fingerprint density at radius 2 is 2.12 bits per heavy atom. The number of ether oxygens (including phenoxy) is 1. The summed E-state index contributed by atoms with van der Waals surface area (Å²) in [7, 11) is 1.51. The van der Waals surface area contributed by atoms with Crippen LogP contribution in [0.4, 0.5) is 0 Å². The van der Waals surface area contributed by atoms with Gasteiger partial charge in [-0.05, 0) is 40.2 Å². The third-order valence-electron chi connectivity index (χ3n) is 3.68. The molecule has 0 saturated heterocycles. The van der Waals surface area contributed by atoms with E-state index in [0.717, 1.165) is 0 Å². The highest BCUT2D eigenvalue weighted by molar-refractivity contribution is 9.10. The molecule has 0 aliphatic rings. The molecule has 1 aromatic carbocycles. The van der Waals surface area contributed by atoms with Crippen LogP contribution in [-0.4, -0.2) is 26.9 Å². The van der Waals surface area contributed by atoms with Crippen LogP contribution in [0.3, 0.4) is 0 Å². The maximum Gasteiger partial charge on any atom is 0.347 e. The number of benzene rings is 1. The fourth-order valence-electron chi connectivity index (χ4n) is 2.54. The van der Waals surface area contributed by atoms with E-state index in [1.54, 1.807) is 42.6 Å². The molecule has 0 bridgehead atoms. The molecule has 0 unspecified atom stereocenters. The van der Waals surface area contributed by atoms with Gasteiger partial charge in [0.05, 0.1) is 17.5 Å². The van der Waals surface area contributed by atoms with E-state index in [2.05, 4.69) is 31.0 Å². The van der Waals surface area contributed by atoms with Gasteiger partial charge in [-0.2, -0.15) is 5.10 Å². The first-order valence-electron chi connectivity index (χ1n) is 7.43. The van der Waals surface area contributed by atoms with Crippen molar-refractivity contribution in [3.05, 3.63) is 62.6 Å². The van der Waals surface area contributed by atoms with Gasteiger partial charge in [0.25, 0.3) is 0 Å². The van der Waals surface area contributed by atoms with Crippen LogP contribution < -0.4 is 10.4 Å². The van der Waals surface area contributed by atoms with Crippen molar-refractivity contribution in [3.63, 3.8) is 0 Å². The minimum atomic E-state index is -0.528. The molecule has 0 spiro atoms. The van der Waals surface area contributed by atoms with Crippen LogP contribution in [0.25, 0.3) is 28.3 Å². The molecule has 3 aromatic heterocycles. The number of hydrogen-bond donors (Lipinski definition) is 0. The maximum absolute atomic E-state index is 12.4. The van der Waals surface area contributed by atoms with E-state index >= 15 is 0 Å². The second-order valence-corrected chi connectivity index (χ2v) is 6.46. The van der Waals surface area contributed by atoms with Gasteiger partial charge in [0, 0.05) is 12.3 Å². The minimum absolute atomic E-state index is 0.0759. The summed E-state index contributed by atoms with van der Waals surface area (Å²) in [6.07, 6.45) is 1.59. The molecule has 26 heavy (non-hydrogen) atoms. The topological polar surface area (TPSA) is 83.0 Å². The fourth-order valence-corrected chi connectivity index (χ4v) is 3.12. The minimum Gasteiger partial charge on any atom is -0.494 e. The van der Waals surface area contributed by atoms with Crippen LogP contribution in [-0.2, 0) is 0 Å². The van der Waals surface area contributed by atoms with Gasteiger partial charge in [-0.15, -0.1) is 0 Å². The number of aromatic nitrogens is 4. The van der Waals surface area contributed by atoms with Crippen molar-refractivity contribution in [2.75, 3.05) is 7.11 Å². The van der Waals surface area contributed by atoms with E-state index < -0.39 is 5.63 Å². The number of para-hydroxylation sites is 1. The third kappa shape index (κ3) is 2.77. The van der Waals surface area contributed by atoms with E-state index in [1.165, 1.54) is 11.8 Å². The van der Waals surface area contributed by atoms with Gasteiger partial charge in [-0.3, -0.25) is 0 Å². The summed E-state index contributed by atoms with van der Waals surface area (Å²) in [5.74, 6) is 0.934. The fraction of sp³-hybridized carbons (Fsp3) is 0.0588. The second-order valence-electron chi connectivity index (χ2n) is 5.24. The monoisotopic (exact) mass is 432 g/mol. The van der Waals surface area contributed by atoms with Crippen LogP contribution in [0.5, 0.6) is 5.75 Å². The van der Waals surface area contributed by atoms with Gasteiger partial charge < -0.3 is 9.15 Å². The summed E-state index contributed by atoms with van der Waals surface area (Å²) >= 11 is 9.55. The van der Waals surface area contributed by atoms with Crippen molar-refractivity contribution in [1.82, 2.24) is 19.7 Å². The molecule has 0 amide bonds. The van der Waals surface area contributed by atoms with Crippen LogP contribution >= 0.6 is 27.5 Å². The van der Waals surface area contributed by atoms with Crippen molar-refractivity contribution in [3.8, 4) is 23.2 Å². The van der Waals surface area contributed by atoms with Crippen molar-refractivity contribution >= 4 is 38.4 Å². The summed E-state index contributed by atoms with van der Waals surface area (Å²) in [6, 6.07) is 10.1. The zero-order valence-corrected chi connectivity index (χ0v) is 15.7. The van der Waals surface area contributed by atoms with E-state index in [1.807, 2.05) is 0 Å². The smallest absolute Gasteiger partial charge is 0.347 e. The van der Waals surface area contributed by atoms with Crippen LogP contribution in [0.1, 0.15) is 0 Å². The Hall–Kier alpha value is -2.71. The largest absolute Gasteiger partial charge is 0.494 e. The van der Waals surface area contributed by atoms with Crippen molar-refractivity contribution < 1.29 is 9.15 Å². The second kappa shape index (κ2) is 6.54. The summed E-state index contributed by atoms with van der Waals surface area (Å²) in [5.41, 5.74) is 0.291. The summed E-state index contributed by atoms with van der Waals surface area (Å²) in [6.45, 7) is 0. The lowest BCUT2D eigenvalue weighted by Crippen LogP contribution is -2.07. The highest BCUT2D eigenvalue weighted by atomic mass is 79.9. The number of fused-ring (bicyclic) bond motifs is 1. The zero-order valence-electron chi connectivity index (χ0n) is 13.3. The molecule has 7 nitrogen and oxygen atoms in total. The maximum atomic E-state index is 12.4. The third-order valence-corrected chi connectivity index (χ3v) is 4.36. The molecule has 9 heteroatoms. The predicted octanol–water partition coefficient (Wildman–Crippen LogP) is 3.86. The molecule has 130 valence electrons. The summed E-state index contributed by atoms with van der Waals surface area (Å²) in [5, 5.41) is 5.04. The Morgan fingerprint density at radius 1 is 1.27 bits per heavy atom. The normalized spacial score (nSPS) is 11.0. The van der Waals surface area contributed by atoms with Gasteiger partial charge in [-0.1, -0.05) is 17.7 Å². The molecule has 0 saturated carbocycles. The van der Waals surface area contributed by atoms with Crippen LogP contribution in [0.2, 0.25) is 5.02 Å². The van der Waals surface area contributed by atoms with Gasteiger partial charge in [0.1, 0.15) is 21.6 Å². The van der Waals surface area contributed by atoms with Crippen molar-refractivity contribution in [2.24, 2.45) is 0 Å². The lowest BCUT2D eigenvalue weighted by molar-refractivity contribution is 0.417. The molecule has 0 radical (unpaired) electrons. The number of rotatable bonds is 3. The van der Waals surface area contributed by atoms with E-state index in [0.29, 0.717) is 37.8 Å². The van der Waals surface area contributed by atoms with E-state index in [9.17, 15) is 4.79 Å². The van der Waals surface area contributed by atoms with Crippen molar-refractivity contribution in [1.29, 1.82) is 0 Å². The standard InChI is InChI=1S/C17H10BrClN4O3/c1-25-12-6-2-4-9-14(12)21-16(26-17(9)24)11-8-13(18)22-23(11)15-10(19)5-3-7-20-15/h2-8H,1H3. The highest BCUT2D eigenvalue weighted by Crippen LogP contribution is 2.29. The SMILES string of the molecule is COc1cccc2c(=O)oc(-c3cc(Br)nn3-c3ncccc3Cl)nc12.